The van der Waals surface area contributed by atoms with Gasteiger partial charge in [0.1, 0.15) is 0 Å². The van der Waals surface area contributed by atoms with Gasteiger partial charge in [0, 0.05) is 5.56 Å². The molecule has 7 nitrogen and oxygen atoms in total. The maximum Gasteiger partial charge on any atom is 0.511 e. The number of benzene rings is 2. The van der Waals surface area contributed by atoms with Gasteiger partial charge in [-0.05, 0) is 35.4 Å². The highest BCUT2D eigenvalue weighted by Crippen LogP contribution is 2.35. The first-order valence-corrected chi connectivity index (χ1v) is 6.05. The number of carbonyl (C=O) groups is 3. The van der Waals surface area contributed by atoms with Gasteiger partial charge in [0.15, 0.2) is 17.8 Å². The number of carbonyl (C=O) groups excluding carboxylic acids is 2. The molecule has 1 amide bonds. The molecule has 2 aromatic rings. The number of hydrogen-bond donors (Lipinski definition) is 3. The van der Waals surface area contributed by atoms with Crippen LogP contribution in [0.25, 0.3) is 11.1 Å². The lowest BCUT2D eigenvalue weighted by Crippen LogP contribution is -2.10. The normalized spacial score (nSPS) is 10.0. The Labute approximate surface area is 124 Å². The number of aromatic hydroxyl groups is 1. The Bertz CT molecular complexity index is 751. The van der Waals surface area contributed by atoms with E-state index < -0.39 is 17.8 Å². The lowest BCUT2D eigenvalue weighted by Gasteiger charge is -2.09. The molecule has 0 aliphatic rings. The van der Waals surface area contributed by atoms with Crippen molar-refractivity contribution < 1.29 is 29.3 Å². The molecule has 0 saturated heterocycles. The second-order valence-electron chi connectivity index (χ2n) is 4.34. The van der Waals surface area contributed by atoms with Crippen molar-refractivity contribution in [2.45, 2.75) is 0 Å². The van der Waals surface area contributed by atoms with Crippen LogP contribution in [0.15, 0.2) is 36.4 Å². The van der Waals surface area contributed by atoms with E-state index in [1.165, 1.54) is 24.3 Å². The van der Waals surface area contributed by atoms with Gasteiger partial charge in [-0.1, -0.05) is 12.1 Å². The highest BCUT2D eigenvalue weighted by molar-refractivity contribution is 5.93. The smallest absolute Gasteiger partial charge is 0.504 e. The third-order valence-electron chi connectivity index (χ3n) is 2.93. The van der Waals surface area contributed by atoms with E-state index in [2.05, 4.69) is 4.74 Å². The van der Waals surface area contributed by atoms with E-state index in [-0.39, 0.29) is 11.3 Å². The number of rotatable bonds is 4. The third kappa shape index (κ3) is 3.04. The summed E-state index contributed by atoms with van der Waals surface area (Å²) in [5, 5.41) is 18.4. The van der Waals surface area contributed by atoms with E-state index in [9.17, 15) is 19.5 Å². The third-order valence-corrected chi connectivity index (χ3v) is 2.93. The lowest BCUT2D eigenvalue weighted by molar-refractivity contribution is 0.0999. The van der Waals surface area contributed by atoms with Crippen molar-refractivity contribution in [2.24, 2.45) is 5.73 Å². The quantitative estimate of drug-likeness (QED) is 0.450. The monoisotopic (exact) mass is 301 g/mol. The highest BCUT2D eigenvalue weighted by Gasteiger charge is 2.15. The standard InChI is InChI=1S/C15H11NO6/c16-14(19)9-3-1-8(2-4-9)10-5-11(7-17)13(18)12(6-10)22-15(20)21/h1-7,18H,(H2,16,19)(H,20,21). The average Bonchev–Trinajstić information content (AvgIpc) is 2.49. The van der Waals surface area contributed by atoms with Crippen molar-refractivity contribution in [3.8, 4) is 22.6 Å². The molecule has 0 saturated carbocycles. The van der Waals surface area contributed by atoms with E-state index in [0.717, 1.165) is 0 Å². The lowest BCUT2D eigenvalue weighted by atomic mass is 10.0. The summed E-state index contributed by atoms with van der Waals surface area (Å²) in [6, 6.07) is 8.77. The molecule has 112 valence electrons. The van der Waals surface area contributed by atoms with Gasteiger partial charge in [-0.25, -0.2) is 4.79 Å². The summed E-state index contributed by atoms with van der Waals surface area (Å²) in [7, 11) is 0. The molecule has 0 atom stereocenters. The molecule has 0 bridgehead atoms. The van der Waals surface area contributed by atoms with E-state index in [0.29, 0.717) is 23.0 Å². The number of hydrogen-bond acceptors (Lipinski definition) is 5. The van der Waals surface area contributed by atoms with Gasteiger partial charge < -0.3 is 20.7 Å². The van der Waals surface area contributed by atoms with Gasteiger partial charge in [-0.3, -0.25) is 9.59 Å². The summed E-state index contributed by atoms with van der Waals surface area (Å²) >= 11 is 0. The highest BCUT2D eigenvalue weighted by atomic mass is 16.7. The zero-order valence-electron chi connectivity index (χ0n) is 11.1. The van der Waals surface area contributed by atoms with E-state index >= 15 is 0 Å². The van der Waals surface area contributed by atoms with Crippen LogP contribution in [0.3, 0.4) is 0 Å². The van der Waals surface area contributed by atoms with Crippen molar-refractivity contribution in [2.75, 3.05) is 0 Å². The summed E-state index contributed by atoms with van der Waals surface area (Å²) in [6.45, 7) is 0. The van der Waals surface area contributed by atoms with Crippen LogP contribution in [0.2, 0.25) is 0 Å². The first kappa shape index (κ1) is 15.0. The van der Waals surface area contributed by atoms with E-state index in [1.54, 1.807) is 12.1 Å². The number of phenols is 1. The van der Waals surface area contributed by atoms with Crippen LogP contribution in [0.4, 0.5) is 4.79 Å². The van der Waals surface area contributed by atoms with E-state index in [4.69, 9.17) is 10.8 Å². The first-order chi connectivity index (χ1) is 10.4. The van der Waals surface area contributed by atoms with Crippen LogP contribution in [-0.4, -0.2) is 28.6 Å². The molecular weight excluding hydrogens is 290 g/mol. The summed E-state index contributed by atoms with van der Waals surface area (Å²) in [5.41, 5.74) is 6.35. The van der Waals surface area contributed by atoms with Crippen LogP contribution in [-0.2, 0) is 0 Å². The second-order valence-corrected chi connectivity index (χ2v) is 4.34. The number of carboxylic acid groups (broad SMARTS) is 1. The fourth-order valence-corrected chi connectivity index (χ4v) is 1.88. The molecule has 2 aromatic carbocycles. The van der Waals surface area contributed by atoms with Gasteiger partial charge in [-0.15, -0.1) is 0 Å². The zero-order chi connectivity index (χ0) is 16.3. The average molecular weight is 301 g/mol. The molecule has 0 radical (unpaired) electrons. The Morgan fingerprint density at radius 1 is 1.09 bits per heavy atom. The molecule has 2 rings (SSSR count). The van der Waals surface area contributed by atoms with Gasteiger partial charge in [-0.2, -0.15) is 0 Å². The molecule has 0 fully saturated rings. The van der Waals surface area contributed by atoms with Gasteiger partial charge in [0.25, 0.3) is 0 Å². The van der Waals surface area contributed by atoms with Gasteiger partial charge in [0.05, 0.1) is 5.56 Å². The number of primary amides is 1. The topological polar surface area (TPSA) is 127 Å². The molecule has 0 heterocycles. The number of ether oxygens (including phenoxy) is 1. The molecular formula is C15H11NO6. The minimum absolute atomic E-state index is 0.118. The summed E-state index contributed by atoms with van der Waals surface area (Å²) < 4.78 is 4.45. The Kier molecular flexibility index (Phi) is 4.08. The SMILES string of the molecule is NC(=O)c1ccc(-c2cc(C=O)c(O)c(OC(=O)O)c2)cc1. The Hall–Kier alpha value is -3.35. The first-order valence-electron chi connectivity index (χ1n) is 6.05. The van der Waals surface area contributed by atoms with Gasteiger partial charge in [0.2, 0.25) is 5.91 Å². The maximum atomic E-state index is 11.0. The maximum absolute atomic E-state index is 11.0. The Morgan fingerprint density at radius 2 is 1.73 bits per heavy atom. The summed E-state index contributed by atoms with van der Waals surface area (Å²) in [4.78, 5) is 32.6. The number of amides is 1. The number of phenolic OH excluding ortho intramolecular Hbond substituents is 1. The zero-order valence-corrected chi connectivity index (χ0v) is 11.1. The van der Waals surface area contributed by atoms with Crippen molar-refractivity contribution in [1.82, 2.24) is 0 Å². The molecule has 0 aliphatic carbocycles. The molecule has 7 heteroatoms. The predicted molar refractivity (Wildman–Crippen MR) is 76.1 cm³/mol. The summed E-state index contributed by atoms with van der Waals surface area (Å²) in [5.74, 6) is -1.50. The minimum Gasteiger partial charge on any atom is -0.504 e. The van der Waals surface area contributed by atoms with E-state index in [1.807, 2.05) is 0 Å². The van der Waals surface area contributed by atoms with Crippen LogP contribution in [0.1, 0.15) is 20.7 Å². The molecule has 0 unspecified atom stereocenters. The largest absolute Gasteiger partial charge is 0.511 e. The predicted octanol–water partition coefficient (Wildman–Crippen LogP) is 2.03. The molecule has 4 N–H and O–H groups in total. The summed E-state index contributed by atoms with van der Waals surface area (Å²) in [6.07, 6.45) is -1.24. The number of nitrogens with two attached hydrogens (primary N) is 1. The number of aldehydes is 1. The van der Waals surface area contributed by atoms with Crippen LogP contribution in [0.5, 0.6) is 11.5 Å². The second kappa shape index (κ2) is 5.96. The molecule has 0 spiro atoms. The molecule has 0 aliphatic heterocycles. The van der Waals surface area contributed by atoms with Crippen molar-refractivity contribution in [1.29, 1.82) is 0 Å². The fraction of sp³-hybridized carbons (Fsp3) is 0. The van der Waals surface area contributed by atoms with Crippen LogP contribution in [0, 0.1) is 0 Å². The van der Waals surface area contributed by atoms with Crippen molar-refractivity contribution in [3.05, 3.63) is 47.5 Å². The van der Waals surface area contributed by atoms with Gasteiger partial charge >= 0.3 is 6.16 Å². The van der Waals surface area contributed by atoms with Crippen molar-refractivity contribution in [3.63, 3.8) is 0 Å². The van der Waals surface area contributed by atoms with Crippen LogP contribution < -0.4 is 10.5 Å². The Balaban J connectivity index is 2.52. The van der Waals surface area contributed by atoms with Crippen LogP contribution >= 0.6 is 0 Å². The molecule has 0 aromatic heterocycles. The molecule has 22 heavy (non-hydrogen) atoms. The Morgan fingerprint density at radius 3 is 2.23 bits per heavy atom. The minimum atomic E-state index is -1.62. The van der Waals surface area contributed by atoms with Crippen molar-refractivity contribution >= 4 is 18.3 Å². The fourth-order valence-electron chi connectivity index (χ4n) is 1.88.